The van der Waals surface area contributed by atoms with Gasteiger partial charge in [0.1, 0.15) is 18.1 Å². The Morgan fingerprint density at radius 3 is 2.36 bits per heavy atom. The van der Waals surface area contributed by atoms with Crippen molar-refractivity contribution >= 4 is 5.91 Å². The second-order valence-electron chi connectivity index (χ2n) is 11.8. The van der Waals surface area contributed by atoms with Crippen LogP contribution in [-0.2, 0) is 42.0 Å². The van der Waals surface area contributed by atoms with Gasteiger partial charge in [-0.2, -0.15) is 0 Å². The first-order valence-electron chi connectivity index (χ1n) is 15.7. The van der Waals surface area contributed by atoms with Gasteiger partial charge in [0.25, 0.3) is 5.91 Å². The van der Waals surface area contributed by atoms with E-state index in [9.17, 15) is 9.90 Å². The van der Waals surface area contributed by atoms with Gasteiger partial charge in [-0.05, 0) is 83.3 Å². The average Bonchev–Trinajstić information content (AvgIpc) is 3.08. The Kier molecular flexibility index (Phi) is 11.6. The lowest BCUT2D eigenvalue weighted by molar-refractivity contribution is -0.130. The van der Waals surface area contributed by atoms with E-state index in [1.807, 2.05) is 66.7 Å². The standard InChI is InChI=1S/C38H44N2O5/c1-40(2)38(42)27-44-35-17-14-30-13-16-34(22-33(30)23-35)39-24-36(41)31-15-18-37(45-26-29-11-7-4-8-12-29)32(21-31)19-20-43-25-28-9-5-3-6-10-28/h3-12,14-15,17-18,21,23,34,36,39,41H,13,16,19-20,22,24-27H2,1-2H3/t34-,36-/m0/s1. The first-order chi connectivity index (χ1) is 21.9. The number of rotatable bonds is 15. The average molecular weight is 609 g/mol. The van der Waals surface area contributed by atoms with Crippen LogP contribution in [0.2, 0.25) is 0 Å². The number of nitrogens with zero attached hydrogens (tertiary/aromatic N) is 1. The molecule has 0 fully saturated rings. The van der Waals surface area contributed by atoms with Crippen LogP contribution in [0.15, 0.2) is 97.1 Å². The summed E-state index contributed by atoms with van der Waals surface area (Å²) in [6.45, 7) is 2.05. The molecule has 2 N–H and O–H groups in total. The van der Waals surface area contributed by atoms with E-state index in [2.05, 4.69) is 35.6 Å². The number of carbonyl (C=O) groups is 1. The van der Waals surface area contributed by atoms with Crippen molar-refractivity contribution in [3.63, 3.8) is 0 Å². The van der Waals surface area contributed by atoms with Crippen LogP contribution in [-0.4, -0.2) is 55.8 Å². The van der Waals surface area contributed by atoms with Gasteiger partial charge in [-0.15, -0.1) is 0 Å². The van der Waals surface area contributed by atoms with Gasteiger partial charge in [-0.25, -0.2) is 0 Å². The maximum Gasteiger partial charge on any atom is 0.259 e. The highest BCUT2D eigenvalue weighted by Crippen LogP contribution is 2.28. The zero-order valence-corrected chi connectivity index (χ0v) is 26.3. The third kappa shape index (κ3) is 9.66. The largest absolute Gasteiger partial charge is 0.489 e. The lowest BCUT2D eigenvalue weighted by atomic mass is 9.88. The molecule has 4 aromatic rings. The maximum atomic E-state index is 11.9. The molecule has 0 heterocycles. The Balaban J connectivity index is 1.18. The number of hydrogen-bond acceptors (Lipinski definition) is 6. The molecule has 45 heavy (non-hydrogen) atoms. The highest BCUT2D eigenvalue weighted by molar-refractivity contribution is 5.77. The van der Waals surface area contributed by atoms with E-state index in [0.717, 1.165) is 47.3 Å². The van der Waals surface area contributed by atoms with Crippen LogP contribution in [0.5, 0.6) is 11.5 Å². The van der Waals surface area contributed by atoms with Crippen LogP contribution in [0.25, 0.3) is 0 Å². The smallest absolute Gasteiger partial charge is 0.259 e. The number of carbonyl (C=O) groups excluding carboxylic acids is 1. The molecule has 5 rings (SSSR count). The predicted octanol–water partition coefficient (Wildman–Crippen LogP) is 5.67. The summed E-state index contributed by atoms with van der Waals surface area (Å²) >= 11 is 0. The summed E-state index contributed by atoms with van der Waals surface area (Å²) in [5.74, 6) is 1.44. The van der Waals surface area contributed by atoms with Gasteiger partial charge >= 0.3 is 0 Å². The zero-order chi connectivity index (χ0) is 31.4. The van der Waals surface area contributed by atoms with Gasteiger partial charge in [0.05, 0.1) is 19.3 Å². The topological polar surface area (TPSA) is 80.3 Å². The third-order valence-corrected chi connectivity index (χ3v) is 8.20. The molecule has 1 amide bonds. The van der Waals surface area contributed by atoms with Gasteiger partial charge < -0.3 is 29.5 Å². The molecular weight excluding hydrogens is 564 g/mol. The van der Waals surface area contributed by atoms with E-state index in [4.69, 9.17) is 14.2 Å². The summed E-state index contributed by atoms with van der Waals surface area (Å²) in [6.07, 6.45) is 2.81. The van der Waals surface area contributed by atoms with Crippen molar-refractivity contribution in [2.24, 2.45) is 0 Å². The molecule has 7 nitrogen and oxygen atoms in total. The fourth-order valence-electron chi connectivity index (χ4n) is 5.49. The molecule has 2 atom stereocenters. The normalized spacial score (nSPS) is 14.8. The van der Waals surface area contributed by atoms with Crippen LogP contribution in [0.1, 0.15) is 45.9 Å². The Morgan fingerprint density at radius 1 is 0.889 bits per heavy atom. The first-order valence-corrected chi connectivity index (χ1v) is 15.7. The number of fused-ring (bicyclic) bond motifs is 1. The van der Waals surface area contributed by atoms with Crippen LogP contribution in [0.3, 0.4) is 0 Å². The monoisotopic (exact) mass is 608 g/mol. The van der Waals surface area contributed by atoms with Crippen LogP contribution in [0.4, 0.5) is 0 Å². The van der Waals surface area contributed by atoms with E-state index in [-0.39, 0.29) is 18.6 Å². The van der Waals surface area contributed by atoms with Crippen molar-refractivity contribution < 1.29 is 24.1 Å². The summed E-state index contributed by atoms with van der Waals surface area (Å²) in [4.78, 5) is 13.5. The quantitative estimate of drug-likeness (QED) is 0.169. The molecule has 0 saturated carbocycles. The van der Waals surface area contributed by atoms with Crippen molar-refractivity contribution in [2.75, 3.05) is 33.9 Å². The summed E-state index contributed by atoms with van der Waals surface area (Å²) in [6, 6.07) is 32.6. The first kappa shape index (κ1) is 32.2. The zero-order valence-electron chi connectivity index (χ0n) is 26.3. The second-order valence-corrected chi connectivity index (χ2v) is 11.8. The molecule has 0 aromatic heterocycles. The summed E-state index contributed by atoms with van der Waals surface area (Å²) in [7, 11) is 3.44. The molecule has 0 saturated heterocycles. The third-order valence-electron chi connectivity index (χ3n) is 8.20. The van der Waals surface area contributed by atoms with Gasteiger partial charge in [0, 0.05) is 26.7 Å². The summed E-state index contributed by atoms with van der Waals surface area (Å²) in [5.41, 5.74) is 6.65. The molecule has 4 aromatic carbocycles. The minimum absolute atomic E-state index is 0.0247. The number of nitrogens with one attached hydrogen (secondary N) is 1. The Bertz CT molecular complexity index is 1510. The van der Waals surface area contributed by atoms with Gasteiger partial charge in [-0.3, -0.25) is 4.79 Å². The summed E-state index contributed by atoms with van der Waals surface area (Å²) < 4.78 is 18.0. The van der Waals surface area contributed by atoms with Gasteiger partial charge in [-0.1, -0.05) is 72.8 Å². The van der Waals surface area contributed by atoms with Crippen molar-refractivity contribution in [1.29, 1.82) is 0 Å². The van der Waals surface area contributed by atoms with Crippen molar-refractivity contribution in [1.82, 2.24) is 10.2 Å². The molecule has 0 spiro atoms. The number of aliphatic hydroxyl groups is 1. The van der Waals surface area contributed by atoms with E-state index >= 15 is 0 Å². The molecule has 0 unspecified atom stereocenters. The lowest BCUT2D eigenvalue weighted by Gasteiger charge is -2.27. The molecule has 0 aliphatic heterocycles. The SMILES string of the molecule is CN(C)C(=O)COc1ccc2c(c1)C[C@@H](NC[C@H](O)c1ccc(OCc3ccccc3)c(CCOCc3ccccc3)c1)CC2. The number of aliphatic hydroxyl groups excluding tert-OH is 1. The highest BCUT2D eigenvalue weighted by Gasteiger charge is 2.21. The highest BCUT2D eigenvalue weighted by atomic mass is 16.5. The number of benzene rings is 4. The number of aryl methyl sites for hydroxylation is 1. The Labute approximate surface area is 266 Å². The summed E-state index contributed by atoms with van der Waals surface area (Å²) in [5, 5.41) is 14.8. The molecule has 1 aliphatic rings. The van der Waals surface area contributed by atoms with E-state index in [1.165, 1.54) is 16.0 Å². The number of likely N-dealkylation sites (N-methyl/N-ethyl adjacent to an activating group) is 1. The van der Waals surface area contributed by atoms with E-state index in [0.29, 0.717) is 38.5 Å². The van der Waals surface area contributed by atoms with Crippen molar-refractivity contribution in [3.05, 3.63) is 130 Å². The fraction of sp³-hybridized carbons (Fsp3) is 0.342. The van der Waals surface area contributed by atoms with Crippen LogP contribution < -0.4 is 14.8 Å². The molecule has 0 bridgehead atoms. The van der Waals surface area contributed by atoms with E-state index in [1.54, 1.807) is 14.1 Å². The Hall–Kier alpha value is -4.17. The van der Waals surface area contributed by atoms with Crippen LogP contribution >= 0.6 is 0 Å². The fourth-order valence-corrected chi connectivity index (χ4v) is 5.49. The second kappa shape index (κ2) is 16.2. The Morgan fingerprint density at radius 2 is 1.62 bits per heavy atom. The molecule has 0 radical (unpaired) electrons. The number of hydrogen-bond donors (Lipinski definition) is 2. The number of amides is 1. The molecule has 1 aliphatic carbocycles. The van der Waals surface area contributed by atoms with E-state index < -0.39 is 6.10 Å². The molecule has 7 heteroatoms. The molecule has 236 valence electrons. The van der Waals surface area contributed by atoms with Gasteiger partial charge in [0.2, 0.25) is 0 Å². The maximum absolute atomic E-state index is 11.9. The van der Waals surface area contributed by atoms with Gasteiger partial charge in [0.15, 0.2) is 6.61 Å². The lowest BCUT2D eigenvalue weighted by Crippen LogP contribution is -2.37. The van der Waals surface area contributed by atoms with Crippen molar-refractivity contribution in [3.8, 4) is 11.5 Å². The minimum Gasteiger partial charge on any atom is -0.489 e. The predicted molar refractivity (Wildman–Crippen MR) is 176 cm³/mol. The van der Waals surface area contributed by atoms with Crippen LogP contribution in [0, 0.1) is 0 Å². The number of ether oxygens (including phenoxy) is 3. The van der Waals surface area contributed by atoms with Crippen molar-refractivity contribution in [2.45, 2.75) is 51.0 Å². The molecular formula is C38H44N2O5. The minimum atomic E-state index is -0.662.